The smallest absolute Gasteiger partial charge is 0.329 e. The Balaban J connectivity index is 2.61. The molecule has 1 rings (SSSR count). The average molecular weight is 279 g/mol. The van der Waals surface area contributed by atoms with Crippen molar-refractivity contribution in [2.45, 2.75) is 45.7 Å². The Morgan fingerprint density at radius 1 is 1.30 bits per heavy atom. The van der Waals surface area contributed by atoms with Gasteiger partial charge in [0.1, 0.15) is 5.54 Å². The highest BCUT2D eigenvalue weighted by molar-refractivity contribution is 5.86. The molecule has 0 aliphatic rings. The van der Waals surface area contributed by atoms with Gasteiger partial charge in [0.05, 0.1) is 12.2 Å². The number of aryl methyl sites for hydroxylation is 1. The van der Waals surface area contributed by atoms with Crippen molar-refractivity contribution >= 4 is 12.0 Å². The highest BCUT2D eigenvalue weighted by Gasteiger charge is 2.36. The third-order valence-electron chi connectivity index (χ3n) is 3.35. The minimum absolute atomic E-state index is 0.261. The lowest BCUT2D eigenvalue weighted by atomic mass is 9.93. The molecule has 0 aliphatic heterocycles. The maximum absolute atomic E-state index is 11.8. The van der Waals surface area contributed by atoms with Crippen LogP contribution < -0.4 is 10.6 Å². The molecule has 0 bridgehead atoms. The number of pyridine rings is 1. The maximum atomic E-state index is 11.8. The minimum Gasteiger partial charge on any atom is -0.480 e. The molecule has 6 heteroatoms. The van der Waals surface area contributed by atoms with Crippen molar-refractivity contribution in [2.75, 3.05) is 0 Å². The third-order valence-corrected chi connectivity index (χ3v) is 3.35. The lowest BCUT2D eigenvalue weighted by Crippen LogP contribution is -2.56. The number of carbonyl (C=O) groups is 2. The molecular weight excluding hydrogens is 258 g/mol. The second-order valence-corrected chi connectivity index (χ2v) is 4.67. The number of rotatable bonds is 6. The summed E-state index contributed by atoms with van der Waals surface area (Å²) in [5.41, 5.74) is 0.380. The third kappa shape index (κ3) is 3.94. The summed E-state index contributed by atoms with van der Waals surface area (Å²) in [5.74, 6) is -1.02. The fraction of sp³-hybridized carbons (Fsp3) is 0.500. The molecule has 0 saturated heterocycles. The van der Waals surface area contributed by atoms with Gasteiger partial charge in [0.2, 0.25) is 0 Å². The molecule has 0 spiro atoms. The number of carbonyl (C=O) groups excluding carboxylic acids is 1. The van der Waals surface area contributed by atoms with E-state index in [1.165, 1.54) is 0 Å². The molecule has 0 aliphatic carbocycles. The van der Waals surface area contributed by atoms with Crippen LogP contribution in [0.25, 0.3) is 0 Å². The van der Waals surface area contributed by atoms with Crippen molar-refractivity contribution in [3.8, 4) is 0 Å². The summed E-state index contributed by atoms with van der Waals surface area (Å²) in [6, 6.07) is 5.03. The number of hydrogen-bond acceptors (Lipinski definition) is 3. The Morgan fingerprint density at radius 3 is 2.45 bits per heavy atom. The van der Waals surface area contributed by atoms with E-state index in [4.69, 9.17) is 0 Å². The van der Waals surface area contributed by atoms with Gasteiger partial charge in [-0.15, -0.1) is 0 Å². The molecule has 20 heavy (non-hydrogen) atoms. The first-order chi connectivity index (χ1) is 9.43. The van der Waals surface area contributed by atoms with Gasteiger partial charge in [-0.3, -0.25) is 4.98 Å². The summed E-state index contributed by atoms with van der Waals surface area (Å²) in [6.45, 7) is 5.60. The number of aliphatic carboxylic acids is 1. The molecule has 0 unspecified atom stereocenters. The van der Waals surface area contributed by atoms with Crippen LogP contribution in [-0.4, -0.2) is 27.6 Å². The summed E-state index contributed by atoms with van der Waals surface area (Å²) in [6.07, 6.45) is 0.657. The molecule has 0 aromatic carbocycles. The van der Waals surface area contributed by atoms with Gasteiger partial charge in [-0.1, -0.05) is 19.9 Å². The highest BCUT2D eigenvalue weighted by Crippen LogP contribution is 2.15. The Bertz CT molecular complexity index is 484. The molecule has 6 nitrogen and oxygen atoms in total. The van der Waals surface area contributed by atoms with Crippen LogP contribution in [0.2, 0.25) is 0 Å². The van der Waals surface area contributed by atoms with E-state index in [2.05, 4.69) is 15.6 Å². The molecule has 1 heterocycles. The van der Waals surface area contributed by atoms with Crippen molar-refractivity contribution in [2.24, 2.45) is 0 Å². The van der Waals surface area contributed by atoms with Crippen LogP contribution in [0.4, 0.5) is 4.79 Å². The summed E-state index contributed by atoms with van der Waals surface area (Å²) in [7, 11) is 0. The topological polar surface area (TPSA) is 91.3 Å². The van der Waals surface area contributed by atoms with Gasteiger partial charge < -0.3 is 15.7 Å². The monoisotopic (exact) mass is 279 g/mol. The lowest BCUT2D eigenvalue weighted by molar-refractivity contribution is -0.144. The molecule has 1 aromatic heterocycles. The largest absolute Gasteiger partial charge is 0.480 e. The Kier molecular flexibility index (Phi) is 5.49. The molecule has 2 amide bonds. The predicted molar refractivity (Wildman–Crippen MR) is 75.3 cm³/mol. The Hall–Kier alpha value is -2.11. The highest BCUT2D eigenvalue weighted by atomic mass is 16.4. The van der Waals surface area contributed by atoms with Crippen molar-refractivity contribution in [3.63, 3.8) is 0 Å². The van der Waals surface area contributed by atoms with Crippen LogP contribution in [0.5, 0.6) is 0 Å². The van der Waals surface area contributed by atoms with E-state index in [0.717, 1.165) is 11.4 Å². The van der Waals surface area contributed by atoms with Gasteiger partial charge in [-0.05, 0) is 31.9 Å². The standard InChI is InChI=1S/C14H21N3O3/c1-4-14(5-2,12(18)19)17-13(20)15-9-11-8-6-7-10(3)16-11/h6-8H,4-5,9H2,1-3H3,(H,18,19)(H2,15,17,20). The van der Waals surface area contributed by atoms with Gasteiger partial charge >= 0.3 is 12.0 Å². The van der Waals surface area contributed by atoms with Gasteiger partial charge in [-0.25, -0.2) is 9.59 Å². The molecule has 0 saturated carbocycles. The van der Waals surface area contributed by atoms with Crippen LogP contribution in [0.3, 0.4) is 0 Å². The van der Waals surface area contributed by atoms with Crippen molar-refractivity contribution in [1.29, 1.82) is 0 Å². The van der Waals surface area contributed by atoms with E-state index in [1.54, 1.807) is 19.9 Å². The van der Waals surface area contributed by atoms with E-state index in [1.807, 2.05) is 19.1 Å². The molecule has 110 valence electrons. The fourth-order valence-corrected chi connectivity index (χ4v) is 1.91. The molecule has 0 atom stereocenters. The van der Waals surface area contributed by atoms with E-state index >= 15 is 0 Å². The lowest BCUT2D eigenvalue weighted by Gasteiger charge is -2.28. The first kappa shape index (κ1) is 15.9. The van der Waals surface area contributed by atoms with Crippen molar-refractivity contribution in [1.82, 2.24) is 15.6 Å². The zero-order valence-electron chi connectivity index (χ0n) is 12.1. The quantitative estimate of drug-likeness (QED) is 0.741. The number of urea groups is 1. The number of carboxylic acids is 1. The van der Waals surface area contributed by atoms with Crippen LogP contribution in [-0.2, 0) is 11.3 Å². The SMILES string of the molecule is CCC(CC)(NC(=O)NCc1cccc(C)n1)C(=O)O. The van der Waals surface area contributed by atoms with E-state index in [9.17, 15) is 14.7 Å². The van der Waals surface area contributed by atoms with Crippen molar-refractivity contribution in [3.05, 3.63) is 29.6 Å². The van der Waals surface area contributed by atoms with Gasteiger partial charge in [0, 0.05) is 5.69 Å². The second-order valence-electron chi connectivity index (χ2n) is 4.67. The average Bonchev–Trinajstić information content (AvgIpc) is 2.42. The van der Waals surface area contributed by atoms with Gasteiger partial charge in [-0.2, -0.15) is 0 Å². The Labute approximate surface area is 118 Å². The number of carboxylic acid groups (broad SMARTS) is 1. The first-order valence-corrected chi connectivity index (χ1v) is 6.65. The predicted octanol–water partition coefficient (Wildman–Crippen LogP) is 1.83. The van der Waals surface area contributed by atoms with Crippen molar-refractivity contribution < 1.29 is 14.7 Å². The first-order valence-electron chi connectivity index (χ1n) is 6.65. The molecule has 0 radical (unpaired) electrons. The molecular formula is C14H21N3O3. The normalized spacial score (nSPS) is 10.9. The zero-order chi connectivity index (χ0) is 15.2. The fourth-order valence-electron chi connectivity index (χ4n) is 1.91. The van der Waals surface area contributed by atoms with Crippen LogP contribution in [0, 0.1) is 6.92 Å². The van der Waals surface area contributed by atoms with Crippen LogP contribution in [0.15, 0.2) is 18.2 Å². The van der Waals surface area contributed by atoms with Crippen LogP contribution >= 0.6 is 0 Å². The van der Waals surface area contributed by atoms with Gasteiger partial charge in [0.25, 0.3) is 0 Å². The summed E-state index contributed by atoms with van der Waals surface area (Å²) < 4.78 is 0. The number of aromatic nitrogens is 1. The number of amides is 2. The maximum Gasteiger partial charge on any atom is 0.329 e. The van der Waals surface area contributed by atoms with Gasteiger partial charge in [0.15, 0.2) is 0 Å². The molecule has 1 aromatic rings. The number of hydrogen-bond donors (Lipinski definition) is 3. The van der Waals surface area contributed by atoms with Crippen LogP contribution in [0.1, 0.15) is 38.1 Å². The summed E-state index contributed by atoms with van der Waals surface area (Å²) >= 11 is 0. The number of nitrogens with zero attached hydrogens (tertiary/aromatic N) is 1. The van der Waals surface area contributed by atoms with E-state index in [0.29, 0.717) is 12.8 Å². The summed E-state index contributed by atoms with van der Waals surface area (Å²) in [4.78, 5) is 27.4. The van der Waals surface area contributed by atoms with E-state index in [-0.39, 0.29) is 6.54 Å². The molecule has 3 N–H and O–H groups in total. The number of nitrogens with one attached hydrogen (secondary N) is 2. The Morgan fingerprint density at radius 2 is 1.95 bits per heavy atom. The molecule has 0 fully saturated rings. The minimum atomic E-state index is -1.22. The van der Waals surface area contributed by atoms with E-state index < -0.39 is 17.5 Å². The zero-order valence-corrected chi connectivity index (χ0v) is 12.1. The summed E-state index contributed by atoms with van der Waals surface area (Å²) in [5, 5.41) is 14.4. The second kappa shape index (κ2) is 6.88.